The smallest absolute Gasteiger partial charge is 0.416 e. The van der Waals surface area contributed by atoms with Crippen LogP contribution in [0.3, 0.4) is 0 Å². The fraction of sp³-hybridized carbons (Fsp3) is 0.517. The molecule has 0 radical (unpaired) electrons. The van der Waals surface area contributed by atoms with E-state index < -0.39 is 41.0 Å². The lowest BCUT2D eigenvalue weighted by Crippen LogP contribution is -2.58. The van der Waals surface area contributed by atoms with Crippen LogP contribution >= 0.6 is 0 Å². The van der Waals surface area contributed by atoms with Crippen molar-refractivity contribution in [3.05, 3.63) is 70.8 Å². The van der Waals surface area contributed by atoms with E-state index in [-0.39, 0.29) is 42.4 Å². The lowest BCUT2D eigenvalue weighted by molar-refractivity contribution is -0.166. The molecule has 2 N–H and O–H groups in total. The molecule has 2 aromatic carbocycles. The maximum Gasteiger partial charge on any atom is 0.416 e. The molecule has 2 heterocycles. The van der Waals surface area contributed by atoms with Crippen molar-refractivity contribution in [2.24, 2.45) is 11.8 Å². The summed E-state index contributed by atoms with van der Waals surface area (Å²) in [5.41, 5.74) is -1.44. The maximum atomic E-state index is 13.8. The molecule has 5 rings (SSSR count). The van der Waals surface area contributed by atoms with Crippen LogP contribution in [0.5, 0.6) is 0 Å². The third-order valence-electron chi connectivity index (χ3n) is 8.52. The van der Waals surface area contributed by atoms with Crippen LogP contribution in [0.4, 0.5) is 22.0 Å². The number of piperidine rings is 1. The fourth-order valence-electron chi connectivity index (χ4n) is 6.22. The van der Waals surface area contributed by atoms with Gasteiger partial charge in [-0.1, -0.05) is 12.1 Å². The van der Waals surface area contributed by atoms with E-state index >= 15 is 0 Å². The predicted molar refractivity (Wildman–Crippen MR) is 134 cm³/mol. The molecule has 11 heteroatoms. The molecule has 0 aromatic heterocycles. The number of halogens is 5. The van der Waals surface area contributed by atoms with Gasteiger partial charge in [-0.25, -0.2) is 8.78 Å². The van der Waals surface area contributed by atoms with E-state index in [0.29, 0.717) is 38.4 Å². The molecular formula is C29H31F5N2O4. The minimum absolute atomic E-state index is 0.00375. The average molecular weight is 567 g/mol. The highest BCUT2D eigenvalue weighted by atomic mass is 19.4. The number of amides is 1. The average Bonchev–Trinajstić information content (AvgIpc) is 3.77. The molecule has 1 amide bonds. The number of nitrogens with zero attached hydrogens (tertiary/aromatic N) is 1. The van der Waals surface area contributed by atoms with Crippen LogP contribution in [0, 0.1) is 23.5 Å². The summed E-state index contributed by atoms with van der Waals surface area (Å²) in [6.45, 7) is 0.881. The third-order valence-corrected chi connectivity index (χ3v) is 8.52. The number of ether oxygens (including phenoxy) is 1. The van der Waals surface area contributed by atoms with E-state index in [9.17, 15) is 36.6 Å². The second-order valence-corrected chi connectivity index (χ2v) is 11.1. The van der Waals surface area contributed by atoms with Crippen molar-refractivity contribution in [1.29, 1.82) is 0 Å². The molecule has 2 unspecified atom stereocenters. The van der Waals surface area contributed by atoms with E-state index in [4.69, 9.17) is 4.74 Å². The molecule has 2 aliphatic heterocycles. The number of aliphatic carboxylic acids is 1. The first-order chi connectivity index (χ1) is 19.0. The first kappa shape index (κ1) is 28.5. The second-order valence-electron chi connectivity index (χ2n) is 11.1. The van der Waals surface area contributed by atoms with Crippen molar-refractivity contribution in [2.45, 2.75) is 62.4 Å². The number of benzene rings is 2. The molecule has 40 heavy (non-hydrogen) atoms. The van der Waals surface area contributed by atoms with Crippen molar-refractivity contribution in [3.63, 3.8) is 0 Å². The molecule has 2 aromatic rings. The molecule has 1 saturated carbocycles. The van der Waals surface area contributed by atoms with Crippen LogP contribution in [0.25, 0.3) is 0 Å². The van der Waals surface area contributed by atoms with E-state index in [1.54, 1.807) is 12.1 Å². The fourth-order valence-corrected chi connectivity index (χ4v) is 6.22. The van der Waals surface area contributed by atoms with Gasteiger partial charge in [0.05, 0.1) is 18.1 Å². The zero-order chi connectivity index (χ0) is 28.7. The van der Waals surface area contributed by atoms with E-state index in [1.165, 1.54) is 12.1 Å². The Balaban J connectivity index is 1.22. The summed E-state index contributed by atoms with van der Waals surface area (Å²) in [6.07, 6.45) is -1.55. The van der Waals surface area contributed by atoms with Gasteiger partial charge >= 0.3 is 12.1 Å². The number of alkyl halides is 3. The number of hydrogen-bond donors (Lipinski definition) is 2. The zero-order valence-corrected chi connectivity index (χ0v) is 21.7. The number of carboxylic acid groups (broad SMARTS) is 1. The highest BCUT2D eigenvalue weighted by Gasteiger charge is 2.54. The first-order valence-corrected chi connectivity index (χ1v) is 13.5. The Hall–Kier alpha value is -3.05. The van der Waals surface area contributed by atoms with Crippen LogP contribution in [0.1, 0.15) is 54.7 Å². The Kier molecular flexibility index (Phi) is 7.89. The number of carbonyl (C=O) groups excluding carboxylic acids is 1. The van der Waals surface area contributed by atoms with Crippen molar-refractivity contribution in [2.75, 3.05) is 19.7 Å². The van der Waals surface area contributed by atoms with Gasteiger partial charge in [-0.3, -0.25) is 14.5 Å². The molecule has 4 atom stereocenters. The molecule has 6 nitrogen and oxygen atoms in total. The Morgan fingerprint density at radius 1 is 1.02 bits per heavy atom. The number of carbonyl (C=O) groups is 2. The molecule has 2 saturated heterocycles. The Bertz CT molecular complexity index is 1240. The second kappa shape index (κ2) is 11.1. The number of carboxylic acids is 1. The third kappa shape index (κ3) is 6.00. The van der Waals surface area contributed by atoms with Gasteiger partial charge in [-0.15, -0.1) is 0 Å². The normalized spacial score (nSPS) is 27.8. The molecule has 1 aliphatic carbocycles. The predicted octanol–water partition coefficient (Wildman–Crippen LogP) is 5.12. The van der Waals surface area contributed by atoms with Gasteiger partial charge in [0.15, 0.2) is 0 Å². The van der Waals surface area contributed by atoms with Gasteiger partial charge in [0, 0.05) is 19.1 Å². The van der Waals surface area contributed by atoms with Gasteiger partial charge in [0.1, 0.15) is 17.2 Å². The van der Waals surface area contributed by atoms with E-state index in [2.05, 4.69) is 10.2 Å². The van der Waals surface area contributed by atoms with Crippen molar-refractivity contribution in [3.8, 4) is 0 Å². The minimum atomic E-state index is -4.70. The molecule has 3 fully saturated rings. The van der Waals surface area contributed by atoms with Crippen molar-refractivity contribution < 1.29 is 41.4 Å². The van der Waals surface area contributed by atoms with Crippen LogP contribution in [-0.4, -0.2) is 53.2 Å². The van der Waals surface area contributed by atoms with Crippen LogP contribution in [-0.2, 0) is 27.0 Å². The number of rotatable bonds is 7. The summed E-state index contributed by atoms with van der Waals surface area (Å²) < 4.78 is 72.6. The van der Waals surface area contributed by atoms with E-state index in [1.807, 2.05) is 0 Å². The van der Waals surface area contributed by atoms with Gasteiger partial charge in [0.2, 0.25) is 0 Å². The van der Waals surface area contributed by atoms with E-state index in [0.717, 1.165) is 30.5 Å². The van der Waals surface area contributed by atoms with Crippen LogP contribution < -0.4 is 5.32 Å². The summed E-state index contributed by atoms with van der Waals surface area (Å²) in [6, 6.07) is 8.04. The largest absolute Gasteiger partial charge is 0.481 e. The number of nitrogens with one attached hydrogen (secondary N) is 1. The topological polar surface area (TPSA) is 78.9 Å². The highest BCUT2D eigenvalue weighted by molar-refractivity contribution is 5.86. The Morgan fingerprint density at radius 2 is 1.75 bits per heavy atom. The highest BCUT2D eigenvalue weighted by Crippen LogP contribution is 2.47. The lowest BCUT2D eigenvalue weighted by atomic mass is 9.79. The molecule has 0 spiro atoms. The van der Waals surface area contributed by atoms with Crippen LogP contribution in [0.2, 0.25) is 0 Å². The van der Waals surface area contributed by atoms with Gasteiger partial charge < -0.3 is 15.2 Å². The molecule has 216 valence electrons. The number of hydrogen-bond acceptors (Lipinski definition) is 4. The maximum absolute atomic E-state index is 13.8. The Morgan fingerprint density at radius 3 is 2.35 bits per heavy atom. The standard InChI is InChI=1S/C29H31F5N2O4/c30-21-5-1-18(2-6-21)24-8-10-36(15-25(24)26(37)38)23-7-9-28(40-16-23,19-3-4-19)27(39)35-14-17-11-20(29(32,33)34)13-22(31)12-17/h1-2,5-6,11-13,19,23-25H,3-4,7-10,14-16H2,(H,35,39)(H,37,38)/t23-,24?,25?,28+/m1/s1. The molecule has 3 aliphatic rings. The summed E-state index contributed by atoms with van der Waals surface area (Å²) in [5.74, 6) is -3.68. The Labute approximate surface area is 228 Å². The first-order valence-electron chi connectivity index (χ1n) is 13.5. The van der Waals surface area contributed by atoms with Crippen LogP contribution in [0.15, 0.2) is 42.5 Å². The van der Waals surface area contributed by atoms with Gasteiger partial charge in [-0.2, -0.15) is 13.2 Å². The summed E-state index contributed by atoms with van der Waals surface area (Å²) in [4.78, 5) is 27.5. The molecular weight excluding hydrogens is 535 g/mol. The van der Waals surface area contributed by atoms with Gasteiger partial charge in [-0.05, 0) is 91.9 Å². The molecule has 0 bridgehead atoms. The summed E-state index contributed by atoms with van der Waals surface area (Å²) >= 11 is 0. The zero-order valence-electron chi connectivity index (χ0n) is 21.7. The van der Waals surface area contributed by atoms with Gasteiger partial charge in [0.25, 0.3) is 5.91 Å². The van der Waals surface area contributed by atoms with Crippen molar-refractivity contribution >= 4 is 11.9 Å². The number of likely N-dealkylation sites (tertiary alicyclic amines) is 1. The summed E-state index contributed by atoms with van der Waals surface area (Å²) in [5, 5.41) is 12.6. The minimum Gasteiger partial charge on any atom is -0.481 e. The van der Waals surface area contributed by atoms with Crippen molar-refractivity contribution in [1.82, 2.24) is 10.2 Å². The lowest BCUT2D eigenvalue weighted by Gasteiger charge is -2.46. The quantitative estimate of drug-likeness (QED) is 0.455. The monoisotopic (exact) mass is 566 g/mol. The summed E-state index contributed by atoms with van der Waals surface area (Å²) in [7, 11) is 0. The SMILES string of the molecule is O=C(O)C1CN([C@@H]2CC[C@@](C(=O)NCc3cc(F)cc(C(F)(F)F)c3)(C3CC3)OC2)CCC1c1ccc(F)cc1.